The van der Waals surface area contributed by atoms with Crippen molar-refractivity contribution in [2.45, 2.75) is 19.3 Å². The van der Waals surface area contributed by atoms with E-state index in [4.69, 9.17) is 14.0 Å². The molecule has 0 radical (unpaired) electrons. The van der Waals surface area contributed by atoms with Crippen molar-refractivity contribution in [1.82, 2.24) is 10.1 Å². The molecule has 0 spiro atoms. The standard InChI is InChI=1S/C21H20FN3O4/c1-3-28-17-8-7-13(9-18(17)27-2)20-23-21(29-24-20)14-10-19(26)25(12-14)16-6-4-5-15(22)11-16/h4-9,11,14H,3,10,12H2,1-2H3. The summed E-state index contributed by atoms with van der Waals surface area (Å²) in [6.07, 6.45) is 0.227. The first-order valence-electron chi connectivity index (χ1n) is 9.29. The van der Waals surface area contributed by atoms with Crippen LogP contribution in [0.4, 0.5) is 10.1 Å². The molecule has 0 saturated carbocycles. The zero-order valence-corrected chi connectivity index (χ0v) is 16.1. The number of hydrogen-bond donors (Lipinski definition) is 0. The van der Waals surface area contributed by atoms with Gasteiger partial charge >= 0.3 is 0 Å². The summed E-state index contributed by atoms with van der Waals surface area (Å²) in [5.41, 5.74) is 1.24. The molecule has 0 aliphatic carbocycles. The smallest absolute Gasteiger partial charge is 0.232 e. The zero-order valence-electron chi connectivity index (χ0n) is 16.1. The van der Waals surface area contributed by atoms with E-state index in [1.807, 2.05) is 13.0 Å². The molecule has 2 heterocycles. The predicted octanol–water partition coefficient (Wildman–Crippen LogP) is 3.80. The number of carbonyl (C=O) groups is 1. The van der Waals surface area contributed by atoms with E-state index >= 15 is 0 Å². The molecule has 1 unspecified atom stereocenters. The second-order valence-electron chi connectivity index (χ2n) is 6.64. The second kappa shape index (κ2) is 7.90. The molecule has 1 aliphatic rings. The van der Waals surface area contributed by atoms with Crippen LogP contribution in [0, 0.1) is 5.82 Å². The Morgan fingerprint density at radius 3 is 2.86 bits per heavy atom. The lowest BCUT2D eigenvalue weighted by Crippen LogP contribution is -2.24. The summed E-state index contributed by atoms with van der Waals surface area (Å²) in [5, 5.41) is 4.05. The average molecular weight is 397 g/mol. The Hall–Kier alpha value is -3.42. The minimum atomic E-state index is -0.386. The third kappa shape index (κ3) is 3.78. The number of rotatable bonds is 6. The van der Waals surface area contributed by atoms with Crippen molar-refractivity contribution in [1.29, 1.82) is 0 Å². The normalized spacial score (nSPS) is 16.3. The van der Waals surface area contributed by atoms with Crippen LogP contribution >= 0.6 is 0 Å². The number of carbonyl (C=O) groups excluding carboxylic acids is 1. The van der Waals surface area contributed by atoms with Crippen LogP contribution in [-0.4, -0.2) is 36.3 Å². The Morgan fingerprint density at radius 2 is 2.10 bits per heavy atom. The molecule has 2 aromatic carbocycles. The number of halogens is 1. The third-order valence-corrected chi connectivity index (χ3v) is 4.76. The number of ether oxygens (including phenoxy) is 2. The Bertz CT molecular complexity index is 1040. The van der Waals surface area contributed by atoms with Crippen molar-refractivity contribution in [2.75, 3.05) is 25.2 Å². The van der Waals surface area contributed by atoms with Gasteiger partial charge in [0.15, 0.2) is 11.5 Å². The van der Waals surface area contributed by atoms with Gasteiger partial charge in [-0.3, -0.25) is 4.79 Å². The molecule has 0 bridgehead atoms. The van der Waals surface area contributed by atoms with Crippen LogP contribution in [0.25, 0.3) is 11.4 Å². The molecule has 8 heteroatoms. The van der Waals surface area contributed by atoms with Crippen molar-refractivity contribution in [3.05, 3.63) is 54.2 Å². The molecule has 7 nitrogen and oxygen atoms in total. The van der Waals surface area contributed by atoms with Gasteiger partial charge in [0.05, 0.1) is 19.6 Å². The lowest BCUT2D eigenvalue weighted by atomic mass is 10.1. The molecular weight excluding hydrogens is 377 g/mol. The molecule has 1 aromatic heterocycles. The van der Waals surface area contributed by atoms with Crippen LogP contribution in [-0.2, 0) is 4.79 Å². The number of benzene rings is 2. The quantitative estimate of drug-likeness (QED) is 0.630. The number of nitrogens with zero attached hydrogens (tertiary/aromatic N) is 3. The maximum Gasteiger partial charge on any atom is 0.232 e. The van der Waals surface area contributed by atoms with Gasteiger partial charge in [-0.15, -0.1) is 0 Å². The van der Waals surface area contributed by atoms with E-state index in [1.54, 1.807) is 31.4 Å². The van der Waals surface area contributed by atoms with Crippen LogP contribution in [0.15, 0.2) is 47.0 Å². The highest BCUT2D eigenvalue weighted by atomic mass is 19.1. The summed E-state index contributed by atoms with van der Waals surface area (Å²) < 4.78 is 29.8. The fourth-order valence-corrected chi connectivity index (χ4v) is 3.37. The van der Waals surface area contributed by atoms with Gasteiger partial charge in [-0.1, -0.05) is 11.2 Å². The highest BCUT2D eigenvalue weighted by molar-refractivity contribution is 5.96. The van der Waals surface area contributed by atoms with E-state index in [0.717, 1.165) is 0 Å². The lowest BCUT2D eigenvalue weighted by Gasteiger charge is -2.15. The lowest BCUT2D eigenvalue weighted by molar-refractivity contribution is -0.117. The Kier molecular flexibility index (Phi) is 5.16. The highest BCUT2D eigenvalue weighted by Crippen LogP contribution is 2.34. The molecule has 4 rings (SSSR count). The Balaban J connectivity index is 1.54. The van der Waals surface area contributed by atoms with Gasteiger partial charge in [-0.05, 0) is 43.3 Å². The Labute approximate surface area is 167 Å². The van der Waals surface area contributed by atoms with Gasteiger partial charge in [0.25, 0.3) is 0 Å². The molecule has 3 aromatic rings. The molecule has 1 fully saturated rings. The third-order valence-electron chi connectivity index (χ3n) is 4.76. The molecule has 1 aliphatic heterocycles. The molecule has 29 heavy (non-hydrogen) atoms. The number of hydrogen-bond acceptors (Lipinski definition) is 6. The molecule has 1 atom stereocenters. The SMILES string of the molecule is CCOc1ccc(-c2noc(C3CC(=O)N(c4cccc(F)c4)C3)n2)cc1OC. The van der Waals surface area contributed by atoms with E-state index in [9.17, 15) is 9.18 Å². The molecule has 150 valence electrons. The number of anilines is 1. The fourth-order valence-electron chi connectivity index (χ4n) is 3.37. The average Bonchev–Trinajstić information content (AvgIpc) is 3.35. The first kappa shape index (κ1) is 18.9. The van der Waals surface area contributed by atoms with E-state index in [-0.39, 0.29) is 24.1 Å². The van der Waals surface area contributed by atoms with Crippen LogP contribution < -0.4 is 14.4 Å². The van der Waals surface area contributed by atoms with E-state index < -0.39 is 0 Å². The van der Waals surface area contributed by atoms with Gasteiger partial charge < -0.3 is 18.9 Å². The maximum atomic E-state index is 13.5. The summed E-state index contributed by atoms with van der Waals surface area (Å²) in [6, 6.07) is 11.4. The number of amides is 1. The zero-order chi connectivity index (χ0) is 20.4. The summed E-state index contributed by atoms with van der Waals surface area (Å²) in [4.78, 5) is 18.4. The predicted molar refractivity (Wildman–Crippen MR) is 104 cm³/mol. The highest BCUT2D eigenvalue weighted by Gasteiger charge is 2.35. The van der Waals surface area contributed by atoms with Gasteiger partial charge in [-0.25, -0.2) is 4.39 Å². The van der Waals surface area contributed by atoms with Crippen molar-refractivity contribution < 1.29 is 23.2 Å². The fraction of sp³-hybridized carbons (Fsp3) is 0.286. The van der Waals surface area contributed by atoms with Gasteiger partial charge in [-0.2, -0.15) is 4.98 Å². The second-order valence-corrected chi connectivity index (χ2v) is 6.64. The van der Waals surface area contributed by atoms with E-state index in [1.165, 1.54) is 17.0 Å². The molecule has 1 saturated heterocycles. The van der Waals surface area contributed by atoms with Crippen molar-refractivity contribution >= 4 is 11.6 Å². The van der Waals surface area contributed by atoms with Crippen molar-refractivity contribution in [3.8, 4) is 22.9 Å². The number of methoxy groups -OCH3 is 1. The van der Waals surface area contributed by atoms with Crippen LogP contribution in [0.3, 0.4) is 0 Å². The Morgan fingerprint density at radius 1 is 1.24 bits per heavy atom. The summed E-state index contributed by atoms with van der Waals surface area (Å²) in [5.74, 6) is 1.24. The topological polar surface area (TPSA) is 77.7 Å². The number of aromatic nitrogens is 2. The summed E-state index contributed by atoms with van der Waals surface area (Å²) in [7, 11) is 1.56. The minimum Gasteiger partial charge on any atom is -0.493 e. The van der Waals surface area contributed by atoms with Gasteiger partial charge in [0.1, 0.15) is 5.82 Å². The first-order valence-corrected chi connectivity index (χ1v) is 9.29. The maximum absolute atomic E-state index is 13.5. The first-order chi connectivity index (χ1) is 14.1. The summed E-state index contributed by atoms with van der Waals surface area (Å²) in [6.45, 7) is 2.78. The monoisotopic (exact) mass is 397 g/mol. The van der Waals surface area contributed by atoms with Crippen molar-refractivity contribution in [2.24, 2.45) is 0 Å². The minimum absolute atomic E-state index is 0.108. The van der Waals surface area contributed by atoms with Gasteiger partial charge in [0, 0.05) is 24.2 Å². The van der Waals surface area contributed by atoms with Crippen LogP contribution in [0.2, 0.25) is 0 Å². The molecular formula is C21H20FN3O4. The molecule has 0 N–H and O–H groups in total. The van der Waals surface area contributed by atoms with E-state index in [2.05, 4.69) is 10.1 Å². The van der Waals surface area contributed by atoms with Crippen LogP contribution in [0.5, 0.6) is 11.5 Å². The van der Waals surface area contributed by atoms with Gasteiger partial charge in [0.2, 0.25) is 17.6 Å². The van der Waals surface area contributed by atoms with Crippen LogP contribution in [0.1, 0.15) is 25.2 Å². The van der Waals surface area contributed by atoms with E-state index in [0.29, 0.717) is 47.6 Å². The largest absolute Gasteiger partial charge is 0.493 e. The van der Waals surface area contributed by atoms with Crippen molar-refractivity contribution in [3.63, 3.8) is 0 Å². The molecule has 1 amide bonds. The summed E-state index contributed by atoms with van der Waals surface area (Å²) >= 11 is 0.